The van der Waals surface area contributed by atoms with E-state index in [2.05, 4.69) is 4.57 Å². The fourth-order valence-electron chi connectivity index (χ4n) is 4.40. The number of carbonyl (C=O) groups is 1. The highest BCUT2D eigenvalue weighted by Gasteiger charge is 2.27. The molecule has 208 valence electrons. The molecule has 1 aliphatic rings. The van der Waals surface area contributed by atoms with Crippen LogP contribution in [0.4, 0.5) is 10.1 Å². The van der Waals surface area contributed by atoms with Gasteiger partial charge in [0.25, 0.3) is 0 Å². The zero-order chi connectivity index (χ0) is 28.2. The van der Waals surface area contributed by atoms with E-state index in [1.54, 1.807) is 6.07 Å². The van der Waals surface area contributed by atoms with Gasteiger partial charge in [0, 0.05) is 53.6 Å². The highest BCUT2D eigenvalue weighted by Crippen LogP contribution is 2.46. The molecule has 2 aromatic carbocycles. The smallest absolute Gasteiger partial charge is 0.233 e. The van der Waals surface area contributed by atoms with Gasteiger partial charge in [-0.25, -0.2) is 21.2 Å². The van der Waals surface area contributed by atoms with Crippen molar-refractivity contribution in [1.29, 1.82) is 0 Å². The number of hydrogen-bond donors (Lipinski definition) is 1. The number of benzene rings is 2. The maximum absolute atomic E-state index is 14.2. The SMILES string of the molecule is CS(=O)(=O)NC(=O)CCCN1/C(=C/c2ccc3ccccc3[n+]2CCCCS(=O)(=O)[O-])Sc2ccc(F)cc21. The average molecular weight is 594 g/mol. The quantitative estimate of drug-likeness (QED) is 0.204. The molecule has 3 aromatic rings. The van der Waals surface area contributed by atoms with E-state index < -0.39 is 37.6 Å². The second-order valence-corrected chi connectivity index (χ2v) is 13.5. The summed E-state index contributed by atoms with van der Waals surface area (Å²) < 4.78 is 74.0. The first kappa shape index (κ1) is 29.0. The molecule has 0 aliphatic carbocycles. The van der Waals surface area contributed by atoms with Crippen molar-refractivity contribution in [3.05, 3.63) is 71.1 Å². The molecule has 0 spiro atoms. The van der Waals surface area contributed by atoms with Crippen molar-refractivity contribution in [3.8, 4) is 0 Å². The maximum atomic E-state index is 14.2. The third-order valence-electron chi connectivity index (χ3n) is 6.05. The number of nitrogens with one attached hydrogen (secondary N) is 1. The Kier molecular flexibility index (Phi) is 8.94. The molecule has 0 saturated carbocycles. The summed E-state index contributed by atoms with van der Waals surface area (Å²) in [5.74, 6) is -1.43. The standard InChI is InChI=1S/C26H28FN3O6S3/c1-38(32,33)28-25(31)9-6-15-30-23-17-20(27)11-13-24(23)37-26(30)18-21-12-10-19-7-2-3-8-22(19)29(21)14-4-5-16-39(34,35)36/h2-3,7-8,10-13,17-18H,4-6,9,14-16H2,1H3,(H-,28,31,34,35,36). The molecule has 13 heteroatoms. The van der Waals surface area contributed by atoms with E-state index in [9.17, 15) is 30.6 Å². The zero-order valence-electron chi connectivity index (χ0n) is 21.2. The van der Waals surface area contributed by atoms with E-state index in [1.165, 1.54) is 23.9 Å². The summed E-state index contributed by atoms with van der Waals surface area (Å²) in [5.41, 5.74) is 2.42. The van der Waals surface area contributed by atoms with Crippen LogP contribution in [-0.2, 0) is 31.5 Å². The molecular weight excluding hydrogens is 566 g/mol. The number of pyridine rings is 1. The Bertz CT molecular complexity index is 1640. The molecule has 0 fully saturated rings. The largest absolute Gasteiger partial charge is 0.748 e. The van der Waals surface area contributed by atoms with E-state index in [4.69, 9.17) is 0 Å². The molecular formula is C26H28FN3O6S3. The number of hydrogen-bond acceptors (Lipinski definition) is 8. The van der Waals surface area contributed by atoms with Gasteiger partial charge in [0.05, 0.1) is 27.1 Å². The summed E-state index contributed by atoms with van der Waals surface area (Å²) >= 11 is 1.45. The summed E-state index contributed by atoms with van der Waals surface area (Å²) in [6, 6.07) is 16.2. The number of nitrogens with zero attached hydrogens (tertiary/aromatic N) is 2. The van der Waals surface area contributed by atoms with Gasteiger partial charge in [-0.15, -0.1) is 0 Å². The minimum atomic E-state index is -4.29. The second kappa shape index (κ2) is 12.0. The van der Waals surface area contributed by atoms with Crippen molar-refractivity contribution < 1.29 is 35.1 Å². The molecule has 1 N–H and O–H groups in total. The summed E-state index contributed by atoms with van der Waals surface area (Å²) in [5, 5.41) is 1.79. The molecule has 2 heterocycles. The minimum absolute atomic E-state index is 0.0231. The Balaban J connectivity index is 1.64. The minimum Gasteiger partial charge on any atom is -0.748 e. The number of fused-ring (bicyclic) bond motifs is 2. The van der Waals surface area contributed by atoms with Crippen molar-refractivity contribution >= 4 is 60.5 Å². The lowest BCUT2D eigenvalue weighted by atomic mass is 10.1. The molecule has 1 amide bonds. The highest BCUT2D eigenvalue weighted by molar-refractivity contribution is 8.03. The predicted molar refractivity (Wildman–Crippen MR) is 148 cm³/mol. The summed E-state index contributed by atoms with van der Waals surface area (Å²) in [7, 11) is -7.94. The van der Waals surface area contributed by atoms with Crippen LogP contribution >= 0.6 is 11.8 Å². The van der Waals surface area contributed by atoms with Crippen molar-refractivity contribution in [3.63, 3.8) is 0 Å². The fourth-order valence-corrected chi connectivity index (χ4v) is 6.59. The first-order chi connectivity index (χ1) is 18.4. The summed E-state index contributed by atoms with van der Waals surface area (Å²) in [6.07, 6.45) is 3.89. The highest BCUT2D eigenvalue weighted by atomic mass is 32.2. The number of aryl methyl sites for hydroxylation is 1. The van der Waals surface area contributed by atoms with E-state index in [1.807, 2.05) is 52.1 Å². The number of amides is 1. The van der Waals surface area contributed by atoms with Crippen LogP contribution in [0.2, 0.25) is 0 Å². The summed E-state index contributed by atoms with van der Waals surface area (Å²) in [6.45, 7) is 0.829. The van der Waals surface area contributed by atoms with Crippen LogP contribution in [-0.4, -0.2) is 45.8 Å². The number of thioether (sulfide) groups is 1. The lowest BCUT2D eigenvalue weighted by Crippen LogP contribution is -2.38. The molecule has 9 nitrogen and oxygen atoms in total. The molecule has 1 aliphatic heterocycles. The number of carbonyl (C=O) groups excluding carboxylic acids is 1. The maximum Gasteiger partial charge on any atom is 0.233 e. The fraction of sp³-hybridized carbons (Fsp3) is 0.308. The van der Waals surface area contributed by atoms with E-state index in [0.717, 1.165) is 32.8 Å². The van der Waals surface area contributed by atoms with Crippen molar-refractivity contribution in [2.45, 2.75) is 37.1 Å². The van der Waals surface area contributed by atoms with Gasteiger partial charge in [0.1, 0.15) is 12.4 Å². The van der Waals surface area contributed by atoms with Gasteiger partial charge in [-0.05, 0) is 43.2 Å². The monoisotopic (exact) mass is 593 g/mol. The number of rotatable bonds is 11. The van der Waals surface area contributed by atoms with Gasteiger partial charge >= 0.3 is 0 Å². The van der Waals surface area contributed by atoms with Crippen LogP contribution in [0.25, 0.3) is 17.0 Å². The third kappa shape index (κ3) is 8.01. The van der Waals surface area contributed by atoms with Crippen molar-refractivity contribution in [2.75, 3.05) is 23.5 Å². The van der Waals surface area contributed by atoms with Gasteiger partial charge in [-0.2, -0.15) is 4.57 Å². The second-order valence-electron chi connectivity index (χ2n) is 9.19. The Labute approximate surface area is 231 Å². The molecule has 0 radical (unpaired) electrons. The molecule has 0 bridgehead atoms. The third-order valence-corrected chi connectivity index (χ3v) is 8.55. The van der Waals surface area contributed by atoms with Crippen LogP contribution < -0.4 is 14.2 Å². The molecule has 0 unspecified atom stereocenters. The molecule has 4 rings (SSSR count). The van der Waals surface area contributed by atoms with Crippen LogP contribution in [0.3, 0.4) is 0 Å². The first-order valence-electron chi connectivity index (χ1n) is 12.2. The zero-order valence-corrected chi connectivity index (χ0v) is 23.6. The van der Waals surface area contributed by atoms with Gasteiger partial charge in [-0.1, -0.05) is 23.9 Å². The van der Waals surface area contributed by atoms with Gasteiger partial charge in [0.2, 0.25) is 27.1 Å². The number of anilines is 1. The predicted octanol–water partition coefficient (Wildman–Crippen LogP) is 3.36. The van der Waals surface area contributed by atoms with Crippen LogP contribution in [0.15, 0.2) is 64.5 Å². The molecule has 0 saturated heterocycles. The first-order valence-corrected chi connectivity index (χ1v) is 16.5. The number of unbranched alkanes of at least 4 members (excludes halogenated alkanes) is 1. The van der Waals surface area contributed by atoms with Gasteiger partial charge in [-0.3, -0.25) is 9.52 Å². The van der Waals surface area contributed by atoms with Crippen LogP contribution in [0.1, 0.15) is 31.4 Å². The van der Waals surface area contributed by atoms with Crippen LogP contribution in [0, 0.1) is 5.82 Å². The Hall–Kier alpha value is -3.00. The number of halogens is 1. The number of aromatic nitrogens is 1. The Morgan fingerprint density at radius 3 is 2.59 bits per heavy atom. The van der Waals surface area contributed by atoms with Crippen molar-refractivity contribution in [2.24, 2.45) is 0 Å². The number of para-hydroxylation sites is 1. The van der Waals surface area contributed by atoms with E-state index in [-0.39, 0.29) is 12.8 Å². The lowest BCUT2D eigenvalue weighted by Gasteiger charge is -2.20. The van der Waals surface area contributed by atoms with E-state index in [0.29, 0.717) is 31.6 Å². The Morgan fingerprint density at radius 2 is 1.85 bits per heavy atom. The van der Waals surface area contributed by atoms with Gasteiger partial charge < -0.3 is 9.45 Å². The Morgan fingerprint density at radius 1 is 1.08 bits per heavy atom. The number of sulfonamides is 1. The van der Waals surface area contributed by atoms with Crippen LogP contribution in [0.5, 0.6) is 0 Å². The molecule has 0 atom stereocenters. The normalized spacial score (nSPS) is 14.6. The molecule has 39 heavy (non-hydrogen) atoms. The summed E-state index contributed by atoms with van der Waals surface area (Å²) in [4.78, 5) is 14.8. The average Bonchev–Trinajstić information content (AvgIpc) is 3.17. The molecule has 1 aromatic heterocycles. The lowest BCUT2D eigenvalue weighted by molar-refractivity contribution is -0.673. The van der Waals surface area contributed by atoms with E-state index >= 15 is 0 Å². The topological polar surface area (TPSA) is 128 Å². The van der Waals surface area contributed by atoms with Gasteiger partial charge in [0.15, 0.2) is 0 Å². The van der Waals surface area contributed by atoms with Crippen molar-refractivity contribution in [1.82, 2.24) is 4.72 Å².